The van der Waals surface area contributed by atoms with Crippen molar-refractivity contribution in [2.75, 3.05) is 0 Å². The molecule has 2 N–H and O–H groups in total. The molecular formula is C10H5BrF5NO. The molecule has 0 saturated carbocycles. The third-order valence-corrected chi connectivity index (χ3v) is 3.13. The van der Waals surface area contributed by atoms with E-state index in [0.29, 0.717) is 6.07 Å². The molecule has 1 heterocycles. The summed E-state index contributed by atoms with van der Waals surface area (Å²) in [6, 6.07) is -1.04. The molecule has 8 heteroatoms. The average Bonchev–Trinajstić information content (AvgIpc) is 2.54. The summed E-state index contributed by atoms with van der Waals surface area (Å²) in [4.78, 5) is 0. The number of hydrogen-bond acceptors (Lipinski definition) is 2. The van der Waals surface area contributed by atoms with E-state index < -0.39 is 35.2 Å². The molecule has 0 radical (unpaired) electrons. The van der Waals surface area contributed by atoms with Crippen molar-refractivity contribution < 1.29 is 26.4 Å². The molecular weight excluding hydrogens is 325 g/mol. The van der Waals surface area contributed by atoms with Gasteiger partial charge in [0.2, 0.25) is 0 Å². The molecule has 1 atom stereocenters. The number of alkyl halides is 3. The number of fused-ring (bicyclic) bond motifs is 1. The first-order valence-electron chi connectivity index (χ1n) is 4.61. The highest BCUT2D eigenvalue weighted by atomic mass is 79.9. The molecule has 0 fully saturated rings. The Bertz CT molecular complexity index is 606. The molecule has 2 rings (SSSR count). The van der Waals surface area contributed by atoms with E-state index in [1.165, 1.54) is 0 Å². The van der Waals surface area contributed by atoms with Gasteiger partial charge in [0.15, 0.2) is 17.4 Å². The highest BCUT2D eigenvalue weighted by Gasteiger charge is 2.42. The summed E-state index contributed by atoms with van der Waals surface area (Å²) in [5, 5.41) is -0.137. The fourth-order valence-electron chi connectivity index (χ4n) is 1.46. The molecule has 0 saturated heterocycles. The van der Waals surface area contributed by atoms with Crippen LogP contribution in [0.1, 0.15) is 11.8 Å². The molecule has 0 amide bonds. The normalized spacial score (nSPS) is 14.2. The van der Waals surface area contributed by atoms with E-state index in [9.17, 15) is 22.0 Å². The summed E-state index contributed by atoms with van der Waals surface area (Å²) in [5.41, 5.74) is 4.49. The topological polar surface area (TPSA) is 39.2 Å². The largest absolute Gasteiger partial charge is 0.455 e. The lowest BCUT2D eigenvalue weighted by atomic mass is 10.2. The van der Waals surface area contributed by atoms with Crippen LogP contribution in [0.4, 0.5) is 22.0 Å². The van der Waals surface area contributed by atoms with Crippen LogP contribution in [0.5, 0.6) is 0 Å². The third-order valence-electron chi connectivity index (χ3n) is 2.31. The van der Waals surface area contributed by atoms with Gasteiger partial charge < -0.3 is 10.2 Å². The predicted molar refractivity (Wildman–Crippen MR) is 56.8 cm³/mol. The van der Waals surface area contributed by atoms with Crippen LogP contribution < -0.4 is 5.73 Å². The molecule has 98 valence electrons. The van der Waals surface area contributed by atoms with Crippen LogP contribution >= 0.6 is 15.9 Å². The Balaban J connectivity index is 2.68. The third kappa shape index (κ3) is 2.10. The fourth-order valence-corrected chi connectivity index (χ4v) is 2.09. The van der Waals surface area contributed by atoms with Gasteiger partial charge in [0, 0.05) is 11.5 Å². The van der Waals surface area contributed by atoms with Crippen molar-refractivity contribution in [1.29, 1.82) is 0 Å². The second-order valence-corrected chi connectivity index (χ2v) is 4.36. The minimum absolute atomic E-state index is 0.137. The van der Waals surface area contributed by atoms with Crippen LogP contribution in [0.3, 0.4) is 0 Å². The van der Waals surface area contributed by atoms with Crippen LogP contribution in [0.25, 0.3) is 11.0 Å². The van der Waals surface area contributed by atoms with Crippen molar-refractivity contribution in [1.82, 2.24) is 0 Å². The Labute approximate surface area is 106 Å². The lowest BCUT2D eigenvalue weighted by Gasteiger charge is -2.13. The molecule has 1 aromatic heterocycles. The molecule has 1 aromatic carbocycles. The van der Waals surface area contributed by atoms with Crippen LogP contribution in [0.2, 0.25) is 0 Å². The van der Waals surface area contributed by atoms with Gasteiger partial charge >= 0.3 is 6.18 Å². The number of hydrogen-bond donors (Lipinski definition) is 1. The highest BCUT2D eigenvalue weighted by molar-refractivity contribution is 9.10. The molecule has 2 nitrogen and oxygen atoms in total. The summed E-state index contributed by atoms with van der Waals surface area (Å²) in [5.74, 6) is -2.71. The zero-order valence-electron chi connectivity index (χ0n) is 8.49. The van der Waals surface area contributed by atoms with Gasteiger partial charge in [-0.15, -0.1) is 0 Å². The lowest BCUT2D eigenvalue weighted by Crippen LogP contribution is -2.28. The lowest BCUT2D eigenvalue weighted by molar-refractivity contribution is -0.152. The van der Waals surface area contributed by atoms with E-state index in [1.807, 2.05) is 0 Å². The van der Waals surface area contributed by atoms with Gasteiger partial charge in [-0.25, -0.2) is 8.78 Å². The average molecular weight is 330 g/mol. The molecule has 0 aliphatic rings. The van der Waals surface area contributed by atoms with Crippen molar-refractivity contribution >= 4 is 26.9 Å². The first-order valence-corrected chi connectivity index (χ1v) is 5.40. The van der Waals surface area contributed by atoms with Gasteiger partial charge in [0.05, 0.1) is 4.47 Å². The molecule has 0 aliphatic heterocycles. The summed E-state index contributed by atoms with van der Waals surface area (Å²) in [7, 11) is 0. The van der Waals surface area contributed by atoms with E-state index in [2.05, 4.69) is 15.9 Å². The molecule has 0 spiro atoms. The van der Waals surface area contributed by atoms with Crippen molar-refractivity contribution in [2.24, 2.45) is 5.73 Å². The van der Waals surface area contributed by atoms with E-state index >= 15 is 0 Å². The maximum Gasteiger partial charge on any atom is 0.410 e. The van der Waals surface area contributed by atoms with Gasteiger partial charge in [0.25, 0.3) is 0 Å². The number of halogens is 6. The van der Waals surface area contributed by atoms with Gasteiger partial charge in [-0.05, 0) is 22.0 Å². The maximum atomic E-state index is 13.3. The SMILES string of the molecule is N[C@H](c1oc2c(F)cc(F)cc2c1Br)C(F)(F)F. The summed E-state index contributed by atoms with van der Waals surface area (Å²) in [6.07, 6.45) is -4.74. The van der Waals surface area contributed by atoms with Crippen LogP contribution in [0.15, 0.2) is 21.0 Å². The monoisotopic (exact) mass is 329 g/mol. The Morgan fingerprint density at radius 2 is 1.83 bits per heavy atom. The Kier molecular flexibility index (Phi) is 3.10. The Hall–Kier alpha value is -1.15. The van der Waals surface area contributed by atoms with Gasteiger partial charge in [-0.3, -0.25) is 0 Å². The molecule has 0 bridgehead atoms. The smallest absolute Gasteiger partial charge is 0.410 e. The number of rotatable bonds is 1. The van der Waals surface area contributed by atoms with Crippen molar-refractivity contribution in [2.45, 2.75) is 12.2 Å². The summed E-state index contributed by atoms with van der Waals surface area (Å²) in [6.45, 7) is 0. The van der Waals surface area contributed by atoms with Gasteiger partial charge in [0.1, 0.15) is 11.6 Å². The van der Waals surface area contributed by atoms with Crippen LogP contribution in [-0.4, -0.2) is 6.18 Å². The van der Waals surface area contributed by atoms with Crippen molar-refractivity contribution in [3.63, 3.8) is 0 Å². The first kappa shape index (κ1) is 13.3. The van der Waals surface area contributed by atoms with Crippen molar-refractivity contribution in [3.05, 3.63) is 34.0 Å². The zero-order valence-corrected chi connectivity index (χ0v) is 10.1. The van der Waals surface area contributed by atoms with Crippen molar-refractivity contribution in [3.8, 4) is 0 Å². The van der Waals surface area contributed by atoms with E-state index in [-0.39, 0.29) is 9.86 Å². The number of nitrogens with two attached hydrogens (primary N) is 1. The zero-order chi connectivity index (χ0) is 13.7. The number of furan rings is 1. The van der Waals surface area contributed by atoms with Gasteiger partial charge in [-0.1, -0.05) is 0 Å². The fraction of sp³-hybridized carbons (Fsp3) is 0.200. The molecule has 2 aromatic rings. The quantitative estimate of drug-likeness (QED) is 0.802. The van der Waals surface area contributed by atoms with E-state index in [4.69, 9.17) is 10.2 Å². The first-order chi connectivity index (χ1) is 8.21. The maximum absolute atomic E-state index is 13.3. The molecule has 0 aliphatic carbocycles. The van der Waals surface area contributed by atoms with Crippen LogP contribution in [-0.2, 0) is 0 Å². The molecule has 18 heavy (non-hydrogen) atoms. The summed E-state index contributed by atoms with van der Waals surface area (Å²) < 4.78 is 68.2. The second kappa shape index (κ2) is 4.20. The second-order valence-electron chi connectivity index (χ2n) is 3.56. The predicted octanol–water partition coefficient (Wildman–Crippen LogP) is 4.04. The minimum atomic E-state index is -4.74. The highest BCUT2D eigenvalue weighted by Crippen LogP contribution is 2.40. The standard InChI is InChI=1S/C10H5BrF5NO/c11-6-4-1-3(12)2-5(13)7(4)18-8(6)9(17)10(14,15)16/h1-2,9H,17H2/t9-/m1/s1. The Morgan fingerprint density at radius 1 is 1.22 bits per heavy atom. The number of benzene rings is 1. The van der Waals surface area contributed by atoms with Gasteiger partial charge in [-0.2, -0.15) is 13.2 Å². The van der Waals surface area contributed by atoms with E-state index in [0.717, 1.165) is 6.07 Å². The minimum Gasteiger partial charge on any atom is -0.455 e. The molecule has 0 unspecified atom stereocenters. The summed E-state index contributed by atoms with van der Waals surface area (Å²) >= 11 is 2.81. The van der Waals surface area contributed by atoms with Crippen LogP contribution in [0, 0.1) is 11.6 Å². The Morgan fingerprint density at radius 3 is 2.39 bits per heavy atom. The van der Waals surface area contributed by atoms with E-state index in [1.54, 1.807) is 0 Å².